The number of rotatable bonds is 5. The standard InChI is InChI=1S/C17H17ClN4O3S/c18-10-6-4-9(5-7-10)15(24)22-17-21-14-11(2-1-3-12(14)26-17)16(25)20-8-13(19)23/h4-7,11H,1-3,8H2,(H2,19,23)(H,20,25)(H,21,22,24). The number of anilines is 1. The topological polar surface area (TPSA) is 114 Å². The Balaban J connectivity index is 1.74. The van der Waals surface area contributed by atoms with Crippen LogP contribution < -0.4 is 16.4 Å². The number of nitrogens with one attached hydrogen (secondary N) is 2. The van der Waals surface area contributed by atoms with Crippen LogP contribution in [-0.2, 0) is 16.0 Å². The zero-order valence-electron chi connectivity index (χ0n) is 13.8. The number of thiazole rings is 1. The molecule has 1 aromatic carbocycles. The SMILES string of the molecule is NC(=O)CNC(=O)C1CCCc2sc(NC(=O)c3ccc(Cl)cc3)nc21. The lowest BCUT2D eigenvalue weighted by Crippen LogP contribution is -2.37. The molecule has 26 heavy (non-hydrogen) atoms. The van der Waals surface area contributed by atoms with Gasteiger partial charge in [0.05, 0.1) is 18.2 Å². The van der Waals surface area contributed by atoms with E-state index in [4.69, 9.17) is 17.3 Å². The van der Waals surface area contributed by atoms with E-state index < -0.39 is 11.8 Å². The summed E-state index contributed by atoms with van der Waals surface area (Å²) in [5.41, 5.74) is 6.20. The molecule has 2 aromatic rings. The fourth-order valence-electron chi connectivity index (χ4n) is 2.80. The number of hydrogen-bond acceptors (Lipinski definition) is 5. The van der Waals surface area contributed by atoms with E-state index in [-0.39, 0.29) is 18.4 Å². The lowest BCUT2D eigenvalue weighted by Gasteiger charge is -2.19. The molecule has 9 heteroatoms. The zero-order valence-corrected chi connectivity index (χ0v) is 15.3. The Hall–Kier alpha value is -2.45. The van der Waals surface area contributed by atoms with Crippen molar-refractivity contribution < 1.29 is 14.4 Å². The van der Waals surface area contributed by atoms with Crippen LogP contribution in [0.1, 0.15) is 39.7 Å². The molecule has 1 heterocycles. The number of carbonyl (C=O) groups excluding carboxylic acids is 3. The molecule has 0 saturated heterocycles. The predicted molar refractivity (Wildman–Crippen MR) is 99.4 cm³/mol. The van der Waals surface area contributed by atoms with Crippen molar-refractivity contribution in [3.63, 3.8) is 0 Å². The fraction of sp³-hybridized carbons (Fsp3) is 0.294. The van der Waals surface area contributed by atoms with E-state index in [2.05, 4.69) is 15.6 Å². The van der Waals surface area contributed by atoms with Gasteiger partial charge in [0.15, 0.2) is 5.13 Å². The molecule has 0 aliphatic heterocycles. The van der Waals surface area contributed by atoms with Gasteiger partial charge < -0.3 is 11.1 Å². The van der Waals surface area contributed by atoms with Gasteiger partial charge in [0.25, 0.3) is 5.91 Å². The highest BCUT2D eigenvalue weighted by molar-refractivity contribution is 7.16. The summed E-state index contributed by atoms with van der Waals surface area (Å²) in [5, 5.41) is 6.29. The normalized spacial score (nSPS) is 15.8. The largest absolute Gasteiger partial charge is 0.368 e. The number of nitrogens with zero attached hydrogens (tertiary/aromatic N) is 1. The molecule has 1 aliphatic carbocycles. The first-order valence-electron chi connectivity index (χ1n) is 8.06. The lowest BCUT2D eigenvalue weighted by molar-refractivity contribution is -0.126. The lowest BCUT2D eigenvalue weighted by atomic mass is 9.90. The number of carbonyl (C=O) groups is 3. The number of nitrogens with two attached hydrogens (primary N) is 1. The number of hydrogen-bond donors (Lipinski definition) is 3. The third-order valence-corrected chi connectivity index (χ3v) is 5.33. The summed E-state index contributed by atoms with van der Waals surface area (Å²) in [5.74, 6) is -1.59. The van der Waals surface area contributed by atoms with Crippen molar-refractivity contribution >= 4 is 45.8 Å². The summed E-state index contributed by atoms with van der Waals surface area (Å²) in [6, 6.07) is 6.54. The van der Waals surface area contributed by atoms with E-state index in [1.54, 1.807) is 24.3 Å². The number of aryl methyl sites for hydroxylation is 1. The highest BCUT2D eigenvalue weighted by atomic mass is 35.5. The van der Waals surface area contributed by atoms with Gasteiger partial charge in [-0.1, -0.05) is 11.6 Å². The number of fused-ring (bicyclic) bond motifs is 1. The molecule has 1 aliphatic rings. The van der Waals surface area contributed by atoms with Crippen LogP contribution in [0.2, 0.25) is 5.02 Å². The zero-order chi connectivity index (χ0) is 18.7. The van der Waals surface area contributed by atoms with Crippen LogP contribution in [0.4, 0.5) is 5.13 Å². The minimum Gasteiger partial charge on any atom is -0.368 e. The van der Waals surface area contributed by atoms with E-state index in [9.17, 15) is 14.4 Å². The molecular weight excluding hydrogens is 376 g/mol. The van der Waals surface area contributed by atoms with Crippen LogP contribution in [-0.4, -0.2) is 29.3 Å². The molecule has 136 valence electrons. The highest BCUT2D eigenvalue weighted by Crippen LogP contribution is 2.37. The highest BCUT2D eigenvalue weighted by Gasteiger charge is 2.30. The van der Waals surface area contributed by atoms with Gasteiger partial charge in [-0.05, 0) is 43.5 Å². The van der Waals surface area contributed by atoms with E-state index in [0.29, 0.717) is 27.8 Å². The summed E-state index contributed by atoms with van der Waals surface area (Å²) in [7, 11) is 0. The Bertz CT molecular complexity index is 850. The van der Waals surface area contributed by atoms with Gasteiger partial charge in [0.2, 0.25) is 11.8 Å². The Labute approximate surface area is 158 Å². The third kappa shape index (κ3) is 4.20. The maximum absolute atomic E-state index is 12.3. The maximum Gasteiger partial charge on any atom is 0.257 e. The van der Waals surface area contributed by atoms with Crippen LogP contribution in [0.5, 0.6) is 0 Å². The number of aromatic nitrogens is 1. The van der Waals surface area contributed by atoms with Crippen molar-refractivity contribution in [2.24, 2.45) is 5.73 Å². The van der Waals surface area contributed by atoms with Gasteiger partial charge in [-0.2, -0.15) is 0 Å². The molecule has 1 atom stereocenters. The van der Waals surface area contributed by atoms with E-state index in [1.807, 2.05) is 0 Å². The second-order valence-electron chi connectivity index (χ2n) is 5.92. The Morgan fingerprint density at radius 2 is 2.00 bits per heavy atom. The average Bonchev–Trinajstić information content (AvgIpc) is 3.02. The van der Waals surface area contributed by atoms with Crippen molar-refractivity contribution in [1.82, 2.24) is 10.3 Å². The van der Waals surface area contributed by atoms with Crippen LogP contribution in [0.25, 0.3) is 0 Å². The molecule has 0 fully saturated rings. The number of halogens is 1. The molecule has 0 bridgehead atoms. The van der Waals surface area contributed by atoms with Gasteiger partial charge in [-0.3, -0.25) is 19.7 Å². The number of amides is 3. The Morgan fingerprint density at radius 1 is 1.27 bits per heavy atom. The fourth-order valence-corrected chi connectivity index (χ4v) is 3.98. The Kier molecular flexibility index (Phi) is 5.53. The van der Waals surface area contributed by atoms with Crippen molar-refractivity contribution in [3.8, 4) is 0 Å². The van der Waals surface area contributed by atoms with Gasteiger partial charge >= 0.3 is 0 Å². The summed E-state index contributed by atoms with van der Waals surface area (Å²) < 4.78 is 0. The predicted octanol–water partition coefficient (Wildman–Crippen LogP) is 2.07. The molecule has 1 aromatic heterocycles. The monoisotopic (exact) mass is 392 g/mol. The van der Waals surface area contributed by atoms with Crippen molar-refractivity contribution in [3.05, 3.63) is 45.4 Å². The first-order chi connectivity index (χ1) is 12.4. The molecule has 4 N–H and O–H groups in total. The van der Waals surface area contributed by atoms with Crippen LogP contribution in [0.15, 0.2) is 24.3 Å². The molecule has 0 radical (unpaired) electrons. The summed E-state index contributed by atoms with van der Waals surface area (Å²) in [4.78, 5) is 40.9. The first-order valence-corrected chi connectivity index (χ1v) is 9.26. The summed E-state index contributed by atoms with van der Waals surface area (Å²) >= 11 is 7.19. The first kappa shape index (κ1) is 18.3. The smallest absolute Gasteiger partial charge is 0.257 e. The van der Waals surface area contributed by atoms with E-state index >= 15 is 0 Å². The third-order valence-electron chi connectivity index (χ3n) is 4.03. The second-order valence-corrected chi connectivity index (χ2v) is 7.44. The number of primary amides is 1. The van der Waals surface area contributed by atoms with Gasteiger partial charge in [-0.25, -0.2) is 4.98 Å². The molecule has 3 rings (SSSR count). The average molecular weight is 393 g/mol. The van der Waals surface area contributed by atoms with Gasteiger partial charge in [0, 0.05) is 15.5 Å². The summed E-state index contributed by atoms with van der Waals surface area (Å²) in [6.45, 7) is -0.199. The number of benzene rings is 1. The van der Waals surface area contributed by atoms with Crippen LogP contribution in [0.3, 0.4) is 0 Å². The van der Waals surface area contributed by atoms with Crippen molar-refractivity contribution in [1.29, 1.82) is 0 Å². The maximum atomic E-state index is 12.3. The molecule has 1 unspecified atom stereocenters. The van der Waals surface area contributed by atoms with E-state index in [1.165, 1.54) is 11.3 Å². The molecule has 7 nitrogen and oxygen atoms in total. The van der Waals surface area contributed by atoms with Gasteiger partial charge in [-0.15, -0.1) is 11.3 Å². The van der Waals surface area contributed by atoms with Crippen molar-refractivity contribution in [2.45, 2.75) is 25.2 Å². The molecule has 0 saturated carbocycles. The van der Waals surface area contributed by atoms with E-state index in [0.717, 1.165) is 17.7 Å². The van der Waals surface area contributed by atoms with Gasteiger partial charge in [0.1, 0.15) is 0 Å². The Morgan fingerprint density at radius 3 is 2.69 bits per heavy atom. The quantitative estimate of drug-likeness (QED) is 0.722. The van der Waals surface area contributed by atoms with Crippen molar-refractivity contribution in [2.75, 3.05) is 11.9 Å². The second kappa shape index (κ2) is 7.84. The molecular formula is C17H17ClN4O3S. The van der Waals surface area contributed by atoms with Crippen LogP contribution >= 0.6 is 22.9 Å². The minimum atomic E-state index is -0.594. The minimum absolute atomic E-state index is 0.199. The molecule has 0 spiro atoms. The summed E-state index contributed by atoms with van der Waals surface area (Å²) in [6.07, 6.45) is 2.30. The molecule has 3 amide bonds. The van der Waals surface area contributed by atoms with Crippen LogP contribution in [0, 0.1) is 0 Å².